The zero-order valence-electron chi connectivity index (χ0n) is 11.0. The van der Waals surface area contributed by atoms with Crippen LogP contribution in [0.1, 0.15) is 29.9 Å². The van der Waals surface area contributed by atoms with Crippen LogP contribution in [0.25, 0.3) is 0 Å². The number of carbonyl (C=O) groups is 1. The second-order valence-electron chi connectivity index (χ2n) is 5.39. The van der Waals surface area contributed by atoms with Crippen molar-refractivity contribution < 1.29 is 9.90 Å². The molecule has 2 aliphatic heterocycles. The van der Waals surface area contributed by atoms with Gasteiger partial charge in [-0.2, -0.15) is 0 Å². The van der Waals surface area contributed by atoms with E-state index in [9.17, 15) is 9.90 Å². The van der Waals surface area contributed by atoms with Crippen molar-refractivity contribution in [3.8, 4) is 0 Å². The largest absolute Gasteiger partial charge is 0.394 e. The lowest BCUT2D eigenvalue weighted by atomic mass is 9.89. The number of rotatable bonds is 2. The summed E-state index contributed by atoms with van der Waals surface area (Å²) in [5.41, 5.74) is 2.36. The smallest absolute Gasteiger partial charge is 0.231 e. The first-order valence-electron chi connectivity index (χ1n) is 7.01. The van der Waals surface area contributed by atoms with E-state index in [0.29, 0.717) is 6.54 Å². The quantitative estimate of drug-likeness (QED) is 0.829. The number of nitrogens with zero attached hydrogens (tertiary/aromatic N) is 1. The van der Waals surface area contributed by atoms with Gasteiger partial charge >= 0.3 is 0 Å². The van der Waals surface area contributed by atoms with Crippen LogP contribution in [-0.2, 0) is 11.3 Å². The van der Waals surface area contributed by atoms with Gasteiger partial charge in [-0.15, -0.1) is 0 Å². The molecule has 19 heavy (non-hydrogen) atoms. The molecular formula is C15H20N2O2. The van der Waals surface area contributed by atoms with Crippen LogP contribution in [0.3, 0.4) is 0 Å². The van der Waals surface area contributed by atoms with Gasteiger partial charge in [-0.1, -0.05) is 24.3 Å². The Kier molecular flexibility index (Phi) is 3.53. The predicted molar refractivity (Wildman–Crippen MR) is 72.7 cm³/mol. The predicted octanol–water partition coefficient (Wildman–Crippen LogP) is 0.857. The lowest BCUT2D eigenvalue weighted by Crippen LogP contribution is -2.44. The zero-order valence-corrected chi connectivity index (χ0v) is 11.0. The van der Waals surface area contributed by atoms with Gasteiger partial charge in [-0.05, 0) is 24.0 Å². The second kappa shape index (κ2) is 5.31. The van der Waals surface area contributed by atoms with Crippen LogP contribution >= 0.6 is 0 Å². The molecule has 2 heterocycles. The summed E-state index contributed by atoms with van der Waals surface area (Å²) in [6.45, 7) is 2.39. The fraction of sp³-hybridized carbons (Fsp3) is 0.533. The molecule has 1 saturated heterocycles. The van der Waals surface area contributed by atoms with Crippen LogP contribution in [0.15, 0.2) is 24.3 Å². The molecule has 2 atom stereocenters. The number of benzene rings is 1. The summed E-state index contributed by atoms with van der Waals surface area (Å²) in [7, 11) is 0. The van der Waals surface area contributed by atoms with E-state index >= 15 is 0 Å². The molecule has 102 valence electrons. The molecule has 2 aliphatic rings. The lowest BCUT2D eigenvalue weighted by molar-refractivity contribution is -0.134. The minimum atomic E-state index is -0.0999. The van der Waals surface area contributed by atoms with E-state index in [1.54, 1.807) is 0 Å². The maximum atomic E-state index is 12.7. The average molecular weight is 260 g/mol. The number of carbonyl (C=O) groups excluding carboxylic acids is 1. The van der Waals surface area contributed by atoms with Crippen LogP contribution < -0.4 is 5.32 Å². The molecule has 1 unspecified atom stereocenters. The first-order valence-corrected chi connectivity index (χ1v) is 7.01. The molecule has 2 N–H and O–H groups in total. The Morgan fingerprint density at radius 3 is 3.11 bits per heavy atom. The van der Waals surface area contributed by atoms with Gasteiger partial charge in [0.2, 0.25) is 5.91 Å². The van der Waals surface area contributed by atoms with Crippen molar-refractivity contribution >= 4 is 5.91 Å². The highest BCUT2D eigenvalue weighted by atomic mass is 16.3. The first kappa shape index (κ1) is 12.6. The van der Waals surface area contributed by atoms with E-state index in [1.807, 2.05) is 17.0 Å². The summed E-state index contributed by atoms with van der Waals surface area (Å²) in [4.78, 5) is 14.6. The van der Waals surface area contributed by atoms with Gasteiger partial charge in [0.1, 0.15) is 0 Å². The summed E-state index contributed by atoms with van der Waals surface area (Å²) in [6.07, 6.45) is 1.92. The Balaban J connectivity index is 1.85. The fourth-order valence-corrected chi connectivity index (χ4v) is 3.23. The number of amides is 1. The van der Waals surface area contributed by atoms with Crippen LogP contribution in [0.2, 0.25) is 0 Å². The van der Waals surface area contributed by atoms with Crippen LogP contribution in [0.4, 0.5) is 0 Å². The highest BCUT2D eigenvalue weighted by Gasteiger charge is 2.35. The van der Waals surface area contributed by atoms with Gasteiger partial charge in [0.05, 0.1) is 18.6 Å². The molecule has 0 spiro atoms. The molecule has 1 aromatic carbocycles. The zero-order chi connectivity index (χ0) is 13.2. The van der Waals surface area contributed by atoms with E-state index in [0.717, 1.165) is 31.5 Å². The molecule has 0 aliphatic carbocycles. The maximum Gasteiger partial charge on any atom is 0.231 e. The van der Waals surface area contributed by atoms with Gasteiger partial charge < -0.3 is 15.3 Å². The monoisotopic (exact) mass is 260 g/mol. The van der Waals surface area contributed by atoms with E-state index in [1.165, 1.54) is 5.56 Å². The van der Waals surface area contributed by atoms with Crippen molar-refractivity contribution in [3.05, 3.63) is 35.4 Å². The molecule has 0 radical (unpaired) electrons. The second-order valence-corrected chi connectivity index (χ2v) is 5.39. The first-order chi connectivity index (χ1) is 9.31. The summed E-state index contributed by atoms with van der Waals surface area (Å²) < 4.78 is 0. The minimum absolute atomic E-state index is 0.0154. The lowest BCUT2D eigenvalue weighted by Gasteiger charge is -2.31. The Morgan fingerprint density at radius 2 is 2.26 bits per heavy atom. The molecule has 0 aromatic heterocycles. The Hall–Kier alpha value is -1.39. The van der Waals surface area contributed by atoms with Crippen LogP contribution in [-0.4, -0.2) is 41.7 Å². The van der Waals surface area contributed by atoms with E-state index in [4.69, 9.17) is 0 Å². The van der Waals surface area contributed by atoms with Crippen molar-refractivity contribution in [1.29, 1.82) is 0 Å². The molecular weight excluding hydrogens is 240 g/mol. The van der Waals surface area contributed by atoms with Gasteiger partial charge in [0, 0.05) is 19.6 Å². The molecule has 0 bridgehead atoms. The number of hydrogen-bond acceptors (Lipinski definition) is 3. The van der Waals surface area contributed by atoms with E-state index in [-0.39, 0.29) is 24.5 Å². The van der Waals surface area contributed by atoms with Gasteiger partial charge in [-0.3, -0.25) is 4.79 Å². The highest BCUT2D eigenvalue weighted by Crippen LogP contribution is 2.28. The maximum absolute atomic E-state index is 12.7. The minimum Gasteiger partial charge on any atom is -0.394 e. The third-order valence-corrected chi connectivity index (χ3v) is 4.26. The Morgan fingerprint density at radius 1 is 1.42 bits per heavy atom. The third-order valence-electron chi connectivity index (χ3n) is 4.26. The van der Waals surface area contributed by atoms with Crippen molar-refractivity contribution in [3.63, 3.8) is 0 Å². The Bertz CT molecular complexity index is 475. The van der Waals surface area contributed by atoms with Gasteiger partial charge in [-0.25, -0.2) is 0 Å². The molecule has 4 heteroatoms. The fourth-order valence-electron chi connectivity index (χ4n) is 3.23. The number of aliphatic hydroxyl groups excluding tert-OH is 1. The molecule has 3 rings (SSSR count). The summed E-state index contributed by atoms with van der Waals surface area (Å²) in [5, 5.41) is 12.7. The van der Waals surface area contributed by atoms with Crippen molar-refractivity contribution in [1.82, 2.24) is 10.2 Å². The summed E-state index contributed by atoms with van der Waals surface area (Å²) in [5.74, 6) is 0.0632. The Labute approximate surface area is 113 Å². The molecule has 1 fully saturated rings. The number of likely N-dealkylation sites (tertiary alicyclic amines) is 1. The summed E-state index contributed by atoms with van der Waals surface area (Å²) >= 11 is 0. The van der Waals surface area contributed by atoms with Crippen LogP contribution in [0.5, 0.6) is 0 Å². The van der Waals surface area contributed by atoms with Crippen molar-refractivity contribution in [2.24, 2.45) is 0 Å². The van der Waals surface area contributed by atoms with Crippen molar-refractivity contribution in [2.75, 3.05) is 19.7 Å². The number of nitrogens with one attached hydrogen (secondary N) is 1. The molecule has 1 aromatic rings. The SMILES string of the molecule is O=C(C1CNCc2ccccc21)N1CCC[C@@H]1CO. The molecule has 4 nitrogen and oxygen atoms in total. The van der Waals surface area contributed by atoms with E-state index < -0.39 is 0 Å². The normalized spacial score (nSPS) is 26.3. The van der Waals surface area contributed by atoms with Crippen molar-refractivity contribution in [2.45, 2.75) is 31.3 Å². The van der Waals surface area contributed by atoms with Gasteiger partial charge in [0.15, 0.2) is 0 Å². The topological polar surface area (TPSA) is 52.6 Å². The highest BCUT2D eigenvalue weighted by molar-refractivity contribution is 5.85. The third kappa shape index (κ3) is 2.26. The molecule has 1 amide bonds. The summed E-state index contributed by atoms with van der Waals surface area (Å²) in [6, 6.07) is 8.16. The van der Waals surface area contributed by atoms with Crippen LogP contribution in [0, 0.1) is 0 Å². The molecule has 0 saturated carbocycles. The van der Waals surface area contributed by atoms with E-state index in [2.05, 4.69) is 17.4 Å². The average Bonchev–Trinajstić information content (AvgIpc) is 2.94. The number of hydrogen-bond donors (Lipinski definition) is 2. The van der Waals surface area contributed by atoms with Gasteiger partial charge in [0.25, 0.3) is 0 Å². The number of aliphatic hydroxyl groups is 1. The standard InChI is InChI=1S/C15H20N2O2/c18-10-12-5-3-7-17(12)15(19)14-9-16-8-11-4-1-2-6-13(11)14/h1-2,4,6,12,14,16,18H,3,5,7-10H2/t12-,14?/m1/s1. The number of fused-ring (bicyclic) bond motifs is 1.